The molecular weight excluding hydrogens is 314 g/mol. The van der Waals surface area contributed by atoms with Crippen LogP contribution in [0.3, 0.4) is 0 Å². The lowest BCUT2D eigenvalue weighted by molar-refractivity contribution is -0.140. The van der Waals surface area contributed by atoms with Crippen molar-refractivity contribution in [1.29, 1.82) is 0 Å². The molecule has 0 spiro atoms. The molecule has 0 saturated heterocycles. The van der Waals surface area contributed by atoms with E-state index in [-0.39, 0.29) is 9.79 Å². The van der Waals surface area contributed by atoms with Gasteiger partial charge in [-0.3, -0.25) is 0 Å². The Kier molecular flexibility index (Phi) is 4.22. The number of halogens is 6. The van der Waals surface area contributed by atoms with E-state index in [2.05, 4.69) is 0 Å². The van der Waals surface area contributed by atoms with Crippen LogP contribution in [0.2, 0.25) is 0 Å². The Morgan fingerprint density at radius 1 is 0.571 bits per heavy atom. The minimum absolute atomic E-state index is 0.262. The summed E-state index contributed by atoms with van der Waals surface area (Å²) < 4.78 is 77.1. The summed E-state index contributed by atoms with van der Waals surface area (Å²) in [6.45, 7) is 0. The molecule has 0 heterocycles. The smallest absolute Gasteiger partial charge is 0.166 e. The van der Waals surface area contributed by atoms with Crippen LogP contribution < -0.4 is 0 Å². The molecule has 0 amide bonds. The minimum Gasteiger partial charge on any atom is -0.166 e. The van der Waals surface area contributed by atoms with Gasteiger partial charge in [0.2, 0.25) is 0 Å². The monoisotopic (exact) mass is 322 g/mol. The molecule has 0 radical (unpaired) electrons. The summed E-state index contributed by atoms with van der Waals surface area (Å²) in [6, 6.07) is 9.10. The zero-order valence-corrected chi connectivity index (χ0v) is 11.1. The van der Waals surface area contributed by atoms with E-state index >= 15 is 0 Å². The molecule has 2 aromatic carbocycles. The van der Waals surface area contributed by atoms with Crippen molar-refractivity contribution in [2.45, 2.75) is 22.1 Å². The van der Waals surface area contributed by atoms with Gasteiger partial charge in [-0.15, -0.1) is 0 Å². The zero-order valence-electron chi connectivity index (χ0n) is 10.3. The minimum atomic E-state index is -4.61. The number of rotatable bonds is 2. The van der Waals surface area contributed by atoms with Crippen LogP contribution in [0.4, 0.5) is 26.3 Å². The van der Waals surface area contributed by atoms with Crippen molar-refractivity contribution in [2.24, 2.45) is 0 Å². The van der Waals surface area contributed by atoms with Crippen LogP contribution >= 0.6 is 11.8 Å². The number of benzene rings is 2. The Morgan fingerprint density at radius 3 is 1.24 bits per heavy atom. The van der Waals surface area contributed by atoms with Gasteiger partial charge in [0, 0.05) is 9.79 Å². The Labute approximate surface area is 120 Å². The molecule has 0 nitrogen and oxygen atoms in total. The molecule has 0 bridgehead atoms. The van der Waals surface area contributed by atoms with E-state index in [4.69, 9.17) is 0 Å². The summed E-state index contributed by atoms with van der Waals surface area (Å²) in [7, 11) is 0. The normalized spacial score (nSPS) is 12.5. The maximum atomic E-state index is 12.9. The molecular formula is C14H8F6S. The van der Waals surface area contributed by atoms with Gasteiger partial charge in [0.15, 0.2) is 0 Å². The molecule has 0 N–H and O–H groups in total. The Morgan fingerprint density at radius 2 is 0.905 bits per heavy atom. The lowest BCUT2D eigenvalue weighted by atomic mass is 10.2. The summed E-state index contributed by atoms with van der Waals surface area (Å²) in [5, 5.41) is 0. The summed E-state index contributed by atoms with van der Waals surface area (Å²) in [4.78, 5) is -0.525. The van der Waals surface area contributed by atoms with Crippen LogP contribution in [0.1, 0.15) is 11.1 Å². The average Bonchev–Trinajstić information content (AvgIpc) is 2.37. The number of hydrogen-bond acceptors (Lipinski definition) is 1. The third kappa shape index (κ3) is 3.72. The Hall–Kier alpha value is -1.63. The molecule has 21 heavy (non-hydrogen) atoms. The van der Waals surface area contributed by atoms with Crippen molar-refractivity contribution >= 4 is 11.8 Å². The van der Waals surface area contributed by atoms with Crippen LogP contribution in [0.25, 0.3) is 0 Å². The highest BCUT2D eigenvalue weighted by Gasteiger charge is 2.36. The van der Waals surface area contributed by atoms with Gasteiger partial charge in [-0.05, 0) is 24.3 Å². The van der Waals surface area contributed by atoms with Crippen LogP contribution in [-0.4, -0.2) is 0 Å². The van der Waals surface area contributed by atoms with E-state index in [0.29, 0.717) is 11.8 Å². The largest absolute Gasteiger partial charge is 0.417 e. The first kappa shape index (κ1) is 15.8. The van der Waals surface area contributed by atoms with Crippen molar-refractivity contribution in [1.82, 2.24) is 0 Å². The molecule has 112 valence electrons. The van der Waals surface area contributed by atoms with E-state index in [1.165, 1.54) is 24.3 Å². The topological polar surface area (TPSA) is 0 Å². The first-order chi connectivity index (χ1) is 9.69. The quantitative estimate of drug-likeness (QED) is 0.623. The summed E-state index contributed by atoms with van der Waals surface area (Å²) in [5.74, 6) is 0. The molecule has 7 heteroatoms. The van der Waals surface area contributed by atoms with Crippen LogP contribution in [-0.2, 0) is 12.4 Å². The van der Waals surface area contributed by atoms with Gasteiger partial charge >= 0.3 is 12.4 Å². The Balaban J connectivity index is 2.45. The van der Waals surface area contributed by atoms with Crippen molar-refractivity contribution in [2.75, 3.05) is 0 Å². The SMILES string of the molecule is FC(F)(F)c1ccccc1Sc1ccccc1C(F)(F)F. The molecule has 0 unspecified atom stereocenters. The van der Waals surface area contributed by atoms with Gasteiger partial charge < -0.3 is 0 Å². The molecule has 0 aliphatic heterocycles. The second-order valence-electron chi connectivity index (χ2n) is 4.09. The number of hydrogen-bond donors (Lipinski definition) is 0. The predicted molar refractivity (Wildman–Crippen MR) is 67.0 cm³/mol. The fourth-order valence-electron chi connectivity index (χ4n) is 1.70. The maximum Gasteiger partial charge on any atom is 0.417 e. The molecule has 2 rings (SSSR count). The van der Waals surface area contributed by atoms with E-state index < -0.39 is 23.5 Å². The van der Waals surface area contributed by atoms with Crippen molar-refractivity contribution in [3.63, 3.8) is 0 Å². The highest BCUT2D eigenvalue weighted by molar-refractivity contribution is 7.99. The first-order valence-corrected chi connectivity index (χ1v) is 6.51. The van der Waals surface area contributed by atoms with Gasteiger partial charge in [0.05, 0.1) is 11.1 Å². The average molecular weight is 322 g/mol. The highest BCUT2D eigenvalue weighted by atomic mass is 32.2. The molecule has 0 aliphatic rings. The van der Waals surface area contributed by atoms with Crippen molar-refractivity contribution in [3.05, 3.63) is 59.7 Å². The lowest BCUT2D eigenvalue weighted by Gasteiger charge is -2.15. The molecule has 0 fully saturated rings. The van der Waals surface area contributed by atoms with Gasteiger partial charge in [0.1, 0.15) is 0 Å². The third-order valence-corrected chi connectivity index (χ3v) is 3.76. The van der Waals surface area contributed by atoms with E-state index in [1.807, 2.05) is 0 Å². The number of alkyl halides is 6. The van der Waals surface area contributed by atoms with Crippen LogP contribution in [0.5, 0.6) is 0 Å². The van der Waals surface area contributed by atoms with E-state index in [0.717, 1.165) is 24.3 Å². The maximum absolute atomic E-state index is 12.9. The Bertz CT molecular complexity index is 574. The second kappa shape index (κ2) is 5.63. The van der Waals surface area contributed by atoms with Gasteiger partial charge in [-0.1, -0.05) is 36.0 Å². The molecule has 0 saturated carbocycles. The molecule has 0 aliphatic carbocycles. The summed E-state index contributed by atoms with van der Waals surface area (Å²) in [5.41, 5.74) is -1.90. The van der Waals surface area contributed by atoms with E-state index in [1.54, 1.807) is 0 Å². The predicted octanol–water partition coefficient (Wildman–Crippen LogP) is 5.88. The van der Waals surface area contributed by atoms with Gasteiger partial charge in [-0.25, -0.2) is 0 Å². The highest BCUT2D eigenvalue weighted by Crippen LogP contribution is 2.43. The standard InChI is InChI=1S/C14H8F6S/c15-13(16,17)9-5-1-3-7-11(9)21-12-8-4-2-6-10(12)14(18,19)20/h1-8H. The fraction of sp³-hybridized carbons (Fsp3) is 0.143. The summed E-state index contributed by atoms with van der Waals surface area (Å²) in [6.07, 6.45) is -9.23. The van der Waals surface area contributed by atoms with Crippen LogP contribution in [0.15, 0.2) is 58.3 Å². The molecule has 0 atom stereocenters. The zero-order chi connectivity index (χ0) is 15.7. The first-order valence-electron chi connectivity index (χ1n) is 5.70. The summed E-state index contributed by atoms with van der Waals surface area (Å²) >= 11 is 0.455. The fourth-order valence-corrected chi connectivity index (χ4v) is 2.82. The molecule has 2 aromatic rings. The molecule has 0 aromatic heterocycles. The van der Waals surface area contributed by atoms with Crippen molar-refractivity contribution < 1.29 is 26.3 Å². The third-order valence-electron chi connectivity index (χ3n) is 2.60. The van der Waals surface area contributed by atoms with Gasteiger partial charge in [-0.2, -0.15) is 26.3 Å². The van der Waals surface area contributed by atoms with Crippen LogP contribution in [0, 0.1) is 0 Å². The van der Waals surface area contributed by atoms with E-state index in [9.17, 15) is 26.3 Å². The lowest BCUT2D eigenvalue weighted by Crippen LogP contribution is -2.08. The van der Waals surface area contributed by atoms with Gasteiger partial charge in [0.25, 0.3) is 0 Å². The van der Waals surface area contributed by atoms with Crippen molar-refractivity contribution in [3.8, 4) is 0 Å². The second-order valence-corrected chi connectivity index (χ2v) is 5.17.